The number of hydrogen-bond donors (Lipinski definition) is 4. The van der Waals surface area contributed by atoms with Gasteiger partial charge in [-0.2, -0.15) is 0 Å². The summed E-state index contributed by atoms with van der Waals surface area (Å²) in [5.41, 5.74) is 0. The van der Waals surface area contributed by atoms with E-state index in [1.807, 2.05) is 12.2 Å². The molecule has 0 unspecified atom stereocenters. The smallest absolute Gasteiger partial charge is 0.335 e. The Labute approximate surface area is 202 Å². The van der Waals surface area contributed by atoms with Gasteiger partial charge in [0.2, 0.25) is 6.29 Å². The Morgan fingerprint density at radius 1 is 0.765 bits per heavy atom. The normalized spacial score (nSPS) is 25.7. The first-order valence-corrected chi connectivity index (χ1v) is 12.1. The molecule has 0 aliphatic carbocycles. The average Bonchev–Trinajstić information content (AvgIpc) is 2.81. The van der Waals surface area contributed by atoms with E-state index < -0.39 is 42.6 Å². The third-order valence-electron chi connectivity index (χ3n) is 5.27. The van der Waals surface area contributed by atoms with E-state index in [2.05, 4.69) is 43.4 Å². The van der Waals surface area contributed by atoms with E-state index >= 15 is 0 Å². The molecule has 0 spiro atoms. The number of allylic oxidation sites excluding steroid dienone is 8. The first-order chi connectivity index (χ1) is 16.4. The summed E-state index contributed by atoms with van der Waals surface area (Å²) in [7, 11) is 0. The molecule has 0 radical (unpaired) electrons. The van der Waals surface area contributed by atoms with Crippen LogP contribution in [0.1, 0.15) is 71.1 Å². The van der Waals surface area contributed by atoms with Gasteiger partial charge in [0, 0.05) is 6.42 Å². The van der Waals surface area contributed by atoms with Gasteiger partial charge in [0.15, 0.2) is 6.10 Å². The largest absolute Gasteiger partial charge is 0.479 e. The van der Waals surface area contributed by atoms with Crippen molar-refractivity contribution in [1.29, 1.82) is 0 Å². The number of carbonyl (C=O) groups excluding carboxylic acids is 1. The number of esters is 1. The number of ether oxygens (including phenoxy) is 2. The Morgan fingerprint density at radius 2 is 1.29 bits per heavy atom. The molecule has 0 aromatic rings. The van der Waals surface area contributed by atoms with Crippen LogP contribution in [0.2, 0.25) is 0 Å². The number of aliphatic hydroxyl groups excluding tert-OH is 3. The van der Waals surface area contributed by atoms with Gasteiger partial charge in [0.05, 0.1) is 0 Å². The van der Waals surface area contributed by atoms with Crippen molar-refractivity contribution in [3.8, 4) is 0 Å². The summed E-state index contributed by atoms with van der Waals surface area (Å²) in [6.45, 7) is 2.21. The number of carboxylic acid groups (broad SMARTS) is 1. The highest BCUT2D eigenvalue weighted by Crippen LogP contribution is 2.23. The van der Waals surface area contributed by atoms with Crippen LogP contribution in [0.25, 0.3) is 0 Å². The molecule has 192 valence electrons. The molecule has 1 aliphatic heterocycles. The zero-order chi connectivity index (χ0) is 25.2. The lowest BCUT2D eigenvalue weighted by atomic mass is 9.99. The van der Waals surface area contributed by atoms with E-state index in [0.29, 0.717) is 12.8 Å². The van der Waals surface area contributed by atoms with Crippen LogP contribution in [0.5, 0.6) is 0 Å². The van der Waals surface area contributed by atoms with Crippen molar-refractivity contribution in [2.45, 2.75) is 102 Å². The standard InChI is InChI=1S/C26H40O8/c1-2-3-4-5-6-7-8-9-10-11-12-13-14-15-16-17-18-19-20(27)33-26-23(30)21(28)22(29)24(34-26)25(31)32/h6-7,9-10,12-13,15-16,21-24,26,28-30H,2-5,8,11,14,17-19H2,1H3,(H,31,32)/b7-6-,10-9-,13-12-,16-15-/t21-,22-,23+,24-,26+/m0/s1. The predicted molar refractivity (Wildman–Crippen MR) is 129 cm³/mol. The Bertz CT molecular complexity index is 697. The SMILES string of the molecule is CCCCC/C=C\C/C=C\C/C=C\C/C=C\CCCC(=O)O[C@@H]1O[C@H](C(=O)O)[C@@H](O)[C@H](O)[C@H]1O. The summed E-state index contributed by atoms with van der Waals surface area (Å²) in [4.78, 5) is 23.0. The molecular weight excluding hydrogens is 440 g/mol. The van der Waals surface area contributed by atoms with Crippen molar-refractivity contribution in [3.63, 3.8) is 0 Å². The minimum absolute atomic E-state index is 0.0426. The van der Waals surface area contributed by atoms with E-state index in [-0.39, 0.29) is 6.42 Å². The van der Waals surface area contributed by atoms with E-state index in [1.165, 1.54) is 19.3 Å². The van der Waals surface area contributed by atoms with Crippen LogP contribution in [-0.2, 0) is 19.1 Å². The van der Waals surface area contributed by atoms with E-state index in [9.17, 15) is 24.9 Å². The second kappa shape index (κ2) is 18.1. The van der Waals surface area contributed by atoms with Crippen LogP contribution in [0.4, 0.5) is 0 Å². The molecule has 8 nitrogen and oxygen atoms in total. The molecule has 1 saturated heterocycles. The van der Waals surface area contributed by atoms with Gasteiger partial charge in [-0.15, -0.1) is 0 Å². The number of carbonyl (C=O) groups is 2. The molecule has 8 heteroatoms. The second-order valence-electron chi connectivity index (χ2n) is 8.21. The number of aliphatic hydroxyl groups is 3. The maximum atomic E-state index is 11.9. The van der Waals surface area contributed by atoms with Gasteiger partial charge in [-0.25, -0.2) is 4.79 Å². The quantitative estimate of drug-likeness (QED) is 0.150. The Kier molecular flexibility index (Phi) is 15.9. The molecule has 34 heavy (non-hydrogen) atoms. The fraction of sp³-hybridized carbons (Fsp3) is 0.615. The molecule has 1 fully saturated rings. The van der Waals surface area contributed by atoms with E-state index in [4.69, 9.17) is 14.6 Å². The Morgan fingerprint density at radius 3 is 1.82 bits per heavy atom. The van der Waals surface area contributed by atoms with Gasteiger partial charge < -0.3 is 29.9 Å². The van der Waals surface area contributed by atoms with Crippen LogP contribution in [0, 0.1) is 0 Å². The highest BCUT2D eigenvalue weighted by atomic mass is 16.7. The molecule has 0 aromatic carbocycles. The summed E-state index contributed by atoms with van der Waals surface area (Å²) in [6, 6.07) is 0. The monoisotopic (exact) mass is 480 g/mol. The number of carboxylic acids is 1. The highest BCUT2D eigenvalue weighted by Gasteiger charge is 2.48. The van der Waals surface area contributed by atoms with Crippen molar-refractivity contribution >= 4 is 11.9 Å². The van der Waals surface area contributed by atoms with Crippen molar-refractivity contribution in [1.82, 2.24) is 0 Å². The summed E-state index contributed by atoms with van der Waals surface area (Å²) in [6.07, 6.45) is 17.0. The second-order valence-corrected chi connectivity index (χ2v) is 8.21. The van der Waals surface area contributed by atoms with Crippen LogP contribution in [0.15, 0.2) is 48.6 Å². The fourth-order valence-electron chi connectivity index (χ4n) is 3.26. The molecule has 0 aromatic heterocycles. The molecule has 4 N–H and O–H groups in total. The molecule has 1 rings (SSSR count). The molecule has 5 atom stereocenters. The van der Waals surface area contributed by atoms with Crippen molar-refractivity contribution in [3.05, 3.63) is 48.6 Å². The molecular formula is C26H40O8. The lowest BCUT2D eigenvalue weighted by Gasteiger charge is -2.37. The first kappa shape index (κ1) is 29.8. The first-order valence-electron chi connectivity index (χ1n) is 12.1. The van der Waals surface area contributed by atoms with Crippen LogP contribution >= 0.6 is 0 Å². The summed E-state index contributed by atoms with van der Waals surface area (Å²) in [5, 5.41) is 38.2. The highest BCUT2D eigenvalue weighted by molar-refractivity contribution is 5.73. The van der Waals surface area contributed by atoms with Crippen LogP contribution in [-0.4, -0.2) is 63.1 Å². The van der Waals surface area contributed by atoms with E-state index in [1.54, 1.807) is 0 Å². The third-order valence-corrected chi connectivity index (χ3v) is 5.27. The van der Waals surface area contributed by atoms with Gasteiger partial charge in [-0.05, 0) is 44.9 Å². The van der Waals surface area contributed by atoms with Crippen molar-refractivity contribution < 1.29 is 39.5 Å². The Hall–Kier alpha value is -2.26. The summed E-state index contributed by atoms with van der Waals surface area (Å²) in [5.74, 6) is -2.22. The topological polar surface area (TPSA) is 134 Å². The van der Waals surface area contributed by atoms with Crippen LogP contribution < -0.4 is 0 Å². The third kappa shape index (κ3) is 12.3. The van der Waals surface area contributed by atoms with Gasteiger partial charge in [0.1, 0.15) is 18.3 Å². The minimum atomic E-state index is -1.82. The lowest BCUT2D eigenvalue weighted by Crippen LogP contribution is -2.60. The molecule has 0 bridgehead atoms. The molecule has 1 heterocycles. The maximum Gasteiger partial charge on any atom is 0.335 e. The molecule has 1 aliphatic rings. The Balaban J connectivity index is 2.13. The fourth-order valence-corrected chi connectivity index (χ4v) is 3.26. The van der Waals surface area contributed by atoms with Gasteiger partial charge in [-0.3, -0.25) is 4.79 Å². The van der Waals surface area contributed by atoms with Gasteiger partial charge >= 0.3 is 11.9 Å². The number of aliphatic carboxylic acids is 1. The zero-order valence-electron chi connectivity index (χ0n) is 20.0. The molecule has 0 amide bonds. The lowest BCUT2D eigenvalue weighted by molar-refractivity contribution is -0.286. The number of unbranched alkanes of at least 4 members (excludes halogenated alkanes) is 4. The number of rotatable bonds is 16. The van der Waals surface area contributed by atoms with E-state index in [0.717, 1.165) is 25.7 Å². The van der Waals surface area contributed by atoms with Gasteiger partial charge in [-0.1, -0.05) is 68.4 Å². The summed E-state index contributed by atoms with van der Waals surface area (Å²) < 4.78 is 9.86. The zero-order valence-corrected chi connectivity index (χ0v) is 20.0. The predicted octanol–water partition coefficient (Wildman–Crippen LogP) is 3.57. The van der Waals surface area contributed by atoms with Crippen molar-refractivity contribution in [2.75, 3.05) is 0 Å². The molecule has 0 saturated carbocycles. The van der Waals surface area contributed by atoms with Gasteiger partial charge in [0.25, 0.3) is 0 Å². The van der Waals surface area contributed by atoms with Crippen LogP contribution in [0.3, 0.4) is 0 Å². The maximum absolute atomic E-state index is 11.9. The van der Waals surface area contributed by atoms with Crippen molar-refractivity contribution in [2.24, 2.45) is 0 Å². The minimum Gasteiger partial charge on any atom is -0.479 e. The average molecular weight is 481 g/mol. The number of hydrogen-bond acceptors (Lipinski definition) is 7. The summed E-state index contributed by atoms with van der Waals surface area (Å²) >= 11 is 0.